The van der Waals surface area contributed by atoms with E-state index in [0.29, 0.717) is 5.65 Å². The van der Waals surface area contributed by atoms with Gasteiger partial charge in [-0.2, -0.15) is 9.97 Å². The van der Waals surface area contributed by atoms with Gasteiger partial charge in [-0.25, -0.2) is 15.0 Å². The second-order valence-corrected chi connectivity index (χ2v) is 6.66. The number of nitrogens with one attached hydrogen (secondary N) is 1. The zero-order valence-electron chi connectivity index (χ0n) is 18.7. The number of aromatic nitrogens is 8. The Bertz CT molecular complexity index is 1290. The molecule has 0 aliphatic carbocycles. The Kier molecular flexibility index (Phi) is 10.7. The molecule has 4 rings (SSSR count). The fourth-order valence-electron chi connectivity index (χ4n) is 2.67. The van der Waals surface area contributed by atoms with E-state index in [1.165, 1.54) is 21.8 Å². The number of hydrogen-bond donors (Lipinski definition) is 6. The summed E-state index contributed by atoms with van der Waals surface area (Å²) >= 11 is 0. The molecule has 0 aliphatic rings. The van der Waals surface area contributed by atoms with Crippen LogP contribution in [0, 0.1) is 0 Å². The van der Waals surface area contributed by atoms with Crippen LogP contribution in [0.15, 0.2) is 17.4 Å². The molecule has 0 spiro atoms. The molecule has 0 bridgehead atoms. The largest absolute Gasteiger partial charge is 1.00 e. The predicted molar refractivity (Wildman–Crippen MR) is 114 cm³/mol. The first-order valence-corrected chi connectivity index (χ1v) is 9.75. The van der Waals surface area contributed by atoms with Gasteiger partial charge in [0.05, 0.1) is 39.1 Å². The molecule has 0 amide bonds. The Morgan fingerprint density at radius 2 is 1.63 bits per heavy atom. The molecule has 0 aromatic carbocycles. The van der Waals surface area contributed by atoms with Crippen LogP contribution in [0.25, 0.3) is 22.3 Å². The van der Waals surface area contributed by atoms with E-state index in [-0.39, 0.29) is 98.0 Å². The van der Waals surface area contributed by atoms with Gasteiger partial charge in [-0.1, -0.05) is 0 Å². The Morgan fingerprint density at radius 1 is 1.00 bits per heavy atom. The number of imidazole rings is 2. The second kappa shape index (κ2) is 13.3. The Balaban J connectivity index is 0.000000241. The molecule has 184 valence electrons. The number of hydrogen-bond acceptors (Lipinski definition) is 14. The van der Waals surface area contributed by atoms with E-state index >= 15 is 0 Å². The van der Waals surface area contributed by atoms with Gasteiger partial charge in [-0.3, -0.25) is 18.9 Å². The maximum Gasteiger partial charge on any atom is 1.00 e. The molecule has 0 aliphatic heterocycles. The van der Waals surface area contributed by atoms with E-state index in [4.69, 9.17) is 36.3 Å². The molecule has 0 fully saturated rings. The zero-order chi connectivity index (χ0) is 24.7. The van der Waals surface area contributed by atoms with Crippen LogP contribution in [0.1, 0.15) is 0 Å². The third-order valence-corrected chi connectivity index (χ3v) is 4.26. The first kappa shape index (κ1) is 28.3. The van der Waals surface area contributed by atoms with E-state index in [1.54, 1.807) is 0 Å². The molecule has 4 aromatic rings. The summed E-state index contributed by atoms with van der Waals surface area (Å²) < 4.78 is 13.3. The molecule has 0 atom stereocenters. The van der Waals surface area contributed by atoms with E-state index < -0.39 is 17.5 Å². The number of anilines is 2. The molecule has 18 heteroatoms. The van der Waals surface area contributed by atoms with Crippen LogP contribution in [0.2, 0.25) is 0 Å². The summed E-state index contributed by atoms with van der Waals surface area (Å²) in [5.74, 6) is -0.625. The number of aliphatic hydroxyl groups is 3. The number of nitrogens with two attached hydrogens (primary N) is 2. The normalized spacial score (nSPS) is 11.0. The maximum atomic E-state index is 11.5. The monoisotopic (exact) mass is 502 g/mol. The molecular weight excluding hydrogens is 479 g/mol. The van der Waals surface area contributed by atoms with E-state index in [1.807, 2.05) is 0 Å². The molecule has 0 saturated carbocycles. The van der Waals surface area contributed by atoms with Crippen molar-refractivity contribution >= 4 is 34.2 Å². The maximum absolute atomic E-state index is 11.5. The Morgan fingerprint density at radius 3 is 2.29 bits per heavy atom. The van der Waals surface area contributed by atoms with Gasteiger partial charge < -0.3 is 41.4 Å². The van der Waals surface area contributed by atoms with Crippen molar-refractivity contribution in [2.45, 2.75) is 19.6 Å². The van der Waals surface area contributed by atoms with Crippen LogP contribution in [0.4, 0.5) is 11.9 Å². The number of fused-ring (bicyclic) bond motifs is 2. The van der Waals surface area contributed by atoms with Gasteiger partial charge in [-0.05, 0) is 0 Å². The van der Waals surface area contributed by atoms with Crippen molar-refractivity contribution in [3.8, 4) is 5.88 Å². The first-order valence-electron chi connectivity index (χ1n) is 9.75. The molecule has 17 nitrogen and oxygen atoms in total. The predicted octanol–water partition coefficient (Wildman–Crippen LogP) is -6.52. The summed E-state index contributed by atoms with van der Waals surface area (Å²) in [6.07, 6.45) is 2.09. The molecule has 4 aromatic heterocycles. The summed E-state index contributed by atoms with van der Waals surface area (Å²) in [4.78, 5) is 32.9. The van der Waals surface area contributed by atoms with Gasteiger partial charge in [0.15, 0.2) is 16.8 Å². The minimum absolute atomic E-state index is 0. The zero-order valence-corrected chi connectivity index (χ0v) is 20.7. The number of H-pyrrole nitrogens is 1. The van der Waals surface area contributed by atoms with Crippen LogP contribution in [0.3, 0.4) is 0 Å². The van der Waals surface area contributed by atoms with Crippen LogP contribution in [0.5, 0.6) is 5.88 Å². The van der Waals surface area contributed by atoms with E-state index in [0.717, 1.165) is 0 Å². The third-order valence-electron chi connectivity index (χ3n) is 4.26. The van der Waals surface area contributed by atoms with Crippen molar-refractivity contribution in [3.05, 3.63) is 23.0 Å². The SMILES string of the molecule is Nc1nc([O-])c2ncn(COCCO)c2n1.Nc1nc2c(ncn2COC(CO)CO)c(=O)[nH]1.[Na+]. The Labute approximate surface area is 218 Å². The van der Waals surface area contributed by atoms with Gasteiger partial charge in [0, 0.05) is 5.88 Å². The average Bonchev–Trinajstić information content (AvgIpc) is 3.40. The van der Waals surface area contributed by atoms with Crippen molar-refractivity contribution in [2.75, 3.05) is 37.9 Å². The standard InChI is InChI=1S/C9H13N5O4.C8H11N5O3.Na/c10-9-12-7-6(8(17)13-9)11-3-14(7)4-18-5(1-15)2-16;9-8-11-6-5(7(15)12-8)10-3-13(6)4-16-2-1-14;/h3,5,15-16H,1-2,4H2,(H3,10,12,13,17);3,14H,1-2,4H2,(H3,9,11,12,15);/q;;+1/p-1. The van der Waals surface area contributed by atoms with Crippen molar-refractivity contribution < 1.29 is 59.5 Å². The van der Waals surface area contributed by atoms with Gasteiger partial charge in [-0.15, -0.1) is 0 Å². The number of rotatable bonds is 9. The van der Waals surface area contributed by atoms with Crippen molar-refractivity contribution in [1.29, 1.82) is 0 Å². The second-order valence-electron chi connectivity index (χ2n) is 6.66. The number of nitrogen functional groups attached to an aromatic ring is 2. The summed E-state index contributed by atoms with van der Waals surface area (Å²) in [6.45, 7) is -0.343. The van der Waals surface area contributed by atoms with Crippen molar-refractivity contribution in [1.82, 2.24) is 39.0 Å². The molecule has 0 saturated heterocycles. The summed E-state index contributed by atoms with van der Waals surface area (Å²) in [7, 11) is 0. The van der Waals surface area contributed by atoms with Crippen LogP contribution < -0.4 is 51.7 Å². The molecule has 8 N–H and O–H groups in total. The topological polar surface area (TPSA) is 261 Å². The summed E-state index contributed by atoms with van der Waals surface area (Å²) in [5, 5.41) is 37.6. The number of aromatic amines is 1. The number of aliphatic hydroxyl groups excluding tert-OH is 3. The van der Waals surface area contributed by atoms with Crippen LogP contribution in [-0.2, 0) is 22.9 Å². The van der Waals surface area contributed by atoms with Crippen molar-refractivity contribution in [2.24, 2.45) is 0 Å². The smallest absolute Gasteiger partial charge is 0.857 e. The average molecular weight is 502 g/mol. The fraction of sp³-hybridized carbons (Fsp3) is 0.412. The number of ether oxygens (including phenoxy) is 2. The first-order chi connectivity index (χ1) is 16.4. The van der Waals surface area contributed by atoms with Gasteiger partial charge in [0.2, 0.25) is 11.9 Å². The van der Waals surface area contributed by atoms with Gasteiger partial charge in [0.25, 0.3) is 5.56 Å². The Hall–Kier alpha value is -2.90. The minimum Gasteiger partial charge on any atom is -0.857 e. The molecule has 0 unspecified atom stereocenters. The van der Waals surface area contributed by atoms with E-state index in [2.05, 4.69) is 29.9 Å². The molecular formula is C17H23N10NaO7. The number of nitrogens with zero attached hydrogens (tertiary/aromatic N) is 7. The molecule has 4 heterocycles. The van der Waals surface area contributed by atoms with Gasteiger partial charge in [0.1, 0.15) is 25.1 Å². The van der Waals surface area contributed by atoms with Crippen molar-refractivity contribution in [3.63, 3.8) is 0 Å². The minimum atomic E-state index is -0.693. The summed E-state index contributed by atoms with van der Waals surface area (Å²) in [6, 6.07) is 0. The van der Waals surface area contributed by atoms with Crippen LogP contribution >= 0.6 is 0 Å². The third kappa shape index (κ3) is 7.05. The van der Waals surface area contributed by atoms with E-state index in [9.17, 15) is 9.90 Å². The van der Waals surface area contributed by atoms with Gasteiger partial charge >= 0.3 is 29.6 Å². The molecule has 35 heavy (non-hydrogen) atoms. The quantitative estimate of drug-likeness (QED) is 0.0918. The fourth-order valence-corrected chi connectivity index (χ4v) is 2.67. The molecule has 0 radical (unpaired) electrons. The summed E-state index contributed by atoms with van der Waals surface area (Å²) in [5.41, 5.74) is 11.3. The van der Waals surface area contributed by atoms with Crippen LogP contribution in [-0.4, -0.2) is 86.9 Å².